The maximum atomic E-state index is 12.2. The highest BCUT2D eigenvalue weighted by molar-refractivity contribution is 6.31. The third kappa shape index (κ3) is 3.45. The first-order valence-electron chi connectivity index (χ1n) is 5.95. The van der Waals surface area contributed by atoms with Crippen molar-refractivity contribution in [3.8, 4) is 0 Å². The Morgan fingerprint density at radius 2 is 2.00 bits per heavy atom. The molecule has 0 spiro atoms. The van der Waals surface area contributed by atoms with Gasteiger partial charge in [-0.2, -0.15) is 0 Å². The molecule has 0 saturated heterocycles. The van der Waals surface area contributed by atoms with Crippen LogP contribution in [-0.4, -0.2) is 17.4 Å². The van der Waals surface area contributed by atoms with Crippen LogP contribution in [0.2, 0.25) is 5.02 Å². The van der Waals surface area contributed by atoms with E-state index in [4.69, 9.17) is 11.6 Å². The minimum absolute atomic E-state index is 0.204. The van der Waals surface area contributed by atoms with Gasteiger partial charge in [-0.05, 0) is 37.3 Å². The van der Waals surface area contributed by atoms with E-state index in [-0.39, 0.29) is 5.91 Å². The molecule has 0 saturated carbocycles. The first-order valence-corrected chi connectivity index (χ1v) is 6.33. The second-order valence-electron chi connectivity index (χ2n) is 3.91. The summed E-state index contributed by atoms with van der Waals surface area (Å²) >= 11 is 5.95. The fourth-order valence-electron chi connectivity index (χ4n) is 1.68. The standard InChI is InChI=1S/C14H14ClN3O/c1-2-17-13-4-3-10(15)9-12(13)14(19)18-11-5-7-16-8-6-11/h3-9,17H,2H2,1H3,(H,16,18,19). The van der Waals surface area contributed by atoms with Crippen molar-refractivity contribution >= 4 is 28.9 Å². The van der Waals surface area contributed by atoms with Crippen LogP contribution < -0.4 is 10.6 Å². The van der Waals surface area contributed by atoms with Gasteiger partial charge in [0.15, 0.2) is 0 Å². The average Bonchev–Trinajstić information content (AvgIpc) is 2.42. The van der Waals surface area contributed by atoms with Crippen molar-refractivity contribution in [2.45, 2.75) is 6.92 Å². The monoisotopic (exact) mass is 275 g/mol. The molecule has 1 heterocycles. The highest BCUT2D eigenvalue weighted by Crippen LogP contribution is 2.21. The number of pyridine rings is 1. The minimum Gasteiger partial charge on any atom is -0.385 e. The normalized spacial score (nSPS) is 10.0. The lowest BCUT2D eigenvalue weighted by Gasteiger charge is -2.11. The van der Waals surface area contributed by atoms with E-state index < -0.39 is 0 Å². The van der Waals surface area contributed by atoms with E-state index in [1.807, 2.05) is 6.92 Å². The maximum Gasteiger partial charge on any atom is 0.257 e. The summed E-state index contributed by atoms with van der Waals surface area (Å²) in [6.45, 7) is 2.70. The molecule has 0 aliphatic heterocycles. The molecule has 0 unspecified atom stereocenters. The molecule has 0 aliphatic rings. The molecule has 1 aromatic carbocycles. The Labute approximate surface area is 116 Å². The summed E-state index contributed by atoms with van der Waals surface area (Å²) in [5, 5.41) is 6.47. The van der Waals surface area contributed by atoms with Gasteiger partial charge in [-0.3, -0.25) is 9.78 Å². The molecule has 2 rings (SSSR count). The summed E-state index contributed by atoms with van der Waals surface area (Å²) in [5.74, 6) is -0.204. The van der Waals surface area contributed by atoms with Gasteiger partial charge in [-0.15, -0.1) is 0 Å². The second kappa shape index (κ2) is 6.20. The van der Waals surface area contributed by atoms with Crippen LogP contribution in [0.4, 0.5) is 11.4 Å². The molecule has 0 bridgehead atoms. The average molecular weight is 276 g/mol. The lowest BCUT2D eigenvalue weighted by molar-refractivity contribution is 0.102. The molecule has 2 aromatic rings. The molecule has 1 aromatic heterocycles. The Morgan fingerprint density at radius 1 is 1.26 bits per heavy atom. The molecule has 4 nitrogen and oxygen atoms in total. The lowest BCUT2D eigenvalue weighted by Crippen LogP contribution is -2.14. The Hall–Kier alpha value is -2.07. The summed E-state index contributed by atoms with van der Waals surface area (Å²) in [6.07, 6.45) is 3.25. The van der Waals surface area contributed by atoms with Crippen LogP contribution in [0.5, 0.6) is 0 Å². The van der Waals surface area contributed by atoms with Crippen molar-refractivity contribution in [2.24, 2.45) is 0 Å². The number of nitrogens with zero attached hydrogens (tertiary/aromatic N) is 1. The maximum absolute atomic E-state index is 12.2. The van der Waals surface area contributed by atoms with Crippen LogP contribution in [0.25, 0.3) is 0 Å². The number of nitrogens with one attached hydrogen (secondary N) is 2. The van der Waals surface area contributed by atoms with Crippen molar-refractivity contribution < 1.29 is 4.79 Å². The van der Waals surface area contributed by atoms with Crippen molar-refractivity contribution in [3.05, 3.63) is 53.3 Å². The van der Waals surface area contributed by atoms with Gasteiger partial charge in [0, 0.05) is 35.3 Å². The number of halogens is 1. The smallest absolute Gasteiger partial charge is 0.257 e. The van der Waals surface area contributed by atoms with E-state index in [2.05, 4.69) is 15.6 Å². The van der Waals surface area contributed by atoms with E-state index in [0.29, 0.717) is 16.3 Å². The van der Waals surface area contributed by atoms with Gasteiger partial charge in [0.1, 0.15) is 0 Å². The van der Waals surface area contributed by atoms with Gasteiger partial charge in [0.05, 0.1) is 5.56 Å². The SMILES string of the molecule is CCNc1ccc(Cl)cc1C(=O)Nc1ccncc1. The van der Waals surface area contributed by atoms with E-state index >= 15 is 0 Å². The Morgan fingerprint density at radius 3 is 2.68 bits per heavy atom. The van der Waals surface area contributed by atoms with E-state index in [1.165, 1.54) is 0 Å². The Kier molecular flexibility index (Phi) is 4.36. The van der Waals surface area contributed by atoms with Crippen molar-refractivity contribution in [1.29, 1.82) is 0 Å². The number of aromatic nitrogens is 1. The summed E-state index contributed by atoms with van der Waals surface area (Å²) < 4.78 is 0. The molecule has 0 atom stereocenters. The van der Waals surface area contributed by atoms with Gasteiger partial charge in [0.2, 0.25) is 0 Å². The molecule has 0 radical (unpaired) electrons. The molecule has 0 fully saturated rings. The molecule has 19 heavy (non-hydrogen) atoms. The molecular weight excluding hydrogens is 262 g/mol. The van der Waals surface area contributed by atoms with Crippen molar-refractivity contribution in [2.75, 3.05) is 17.2 Å². The van der Waals surface area contributed by atoms with Gasteiger partial charge in [-0.1, -0.05) is 11.6 Å². The molecule has 1 amide bonds. The summed E-state index contributed by atoms with van der Waals surface area (Å²) in [7, 11) is 0. The zero-order valence-electron chi connectivity index (χ0n) is 10.5. The molecule has 2 N–H and O–H groups in total. The topological polar surface area (TPSA) is 54.0 Å². The predicted molar refractivity (Wildman–Crippen MR) is 77.8 cm³/mol. The number of rotatable bonds is 4. The van der Waals surface area contributed by atoms with E-state index in [0.717, 1.165) is 12.2 Å². The number of carbonyl (C=O) groups excluding carboxylic acids is 1. The molecule has 5 heteroatoms. The minimum atomic E-state index is -0.204. The van der Waals surface area contributed by atoms with Crippen LogP contribution in [0.15, 0.2) is 42.7 Å². The molecule has 0 aliphatic carbocycles. The summed E-state index contributed by atoms with van der Waals surface area (Å²) in [4.78, 5) is 16.1. The third-order valence-corrected chi connectivity index (χ3v) is 2.77. The number of hydrogen-bond donors (Lipinski definition) is 2. The van der Waals surface area contributed by atoms with Crippen molar-refractivity contribution in [1.82, 2.24) is 4.98 Å². The van der Waals surface area contributed by atoms with Crippen LogP contribution in [0.1, 0.15) is 17.3 Å². The fourth-order valence-corrected chi connectivity index (χ4v) is 1.85. The zero-order chi connectivity index (χ0) is 13.7. The summed E-state index contributed by atoms with van der Waals surface area (Å²) in [6, 6.07) is 8.66. The number of amides is 1. The van der Waals surface area contributed by atoms with Crippen molar-refractivity contribution in [3.63, 3.8) is 0 Å². The van der Waals surface area contributed by atoms with Crippen LogP contribution in [-0.2, 0) is 0 Å². The second-order valence-corrected chi connectivity index (χ2v) is 4.35. The highest BCUT2D eigenvalue weighted by Gasteiger charge is 2.12. The first kappa shape index (κ1) is 13.4. The Balaban J connectivity index is 2.25. The zero-order valence-corrected chi connectivity index (χ0v) is 11.2. The Bertz CT molecular complexity index is 572. The van der Waals surface area contributed by atoms with Crippen LogP contribution in [0.3, 0.4) is 0 Å². The van der Waals surface area contributed by atoms with Gasteiger partial charge in [0.25, 0.3) is 5.91 Å². The number of benzene rings is 1. The van der Waals surface area contributed by atoms with Gasteiger partial charge in [-0.25, -0.2) is 0 Å². The quantitative estimate of drug-likeness (QED) is 0.899. The van der Waals surface area contributed by atoms with Gasteiger partial charge < -0.3 is 10.6 Å². The number of anilines is 2. The van der Waals surface area contributed by atoms with Crippen LogP contribution in [0, 0.1) is 0 Å². The predicted octanol–water partition coefficient (Wildman–Crippen LogP) is 3.42. The first-order chi connectivity index (χ1) is 9.20. The third-order valence-electron chi connectivity index (χ3n) is 2.53. The molecule has 98 valence electrons. The van der Waals surface area contributed by atoms with Crippen LogP contribution >= 0.6 is 11.6 Å². The van der Waals surface area contributed by atoms with E-state index in [9.17, 15) is 4.79 Å². The number of hydrogen-bond acceptors (Lipinski definition) is 3. The summed E-state index contributed by atoms with van der Waals surface area (Å²) in [5.41, 5.74) is 1.98. The fraction of sp³-hybridized carbons (Fsp3) is 0.143. The number of carbonyl (C=O) groups is 1. The van der Waals surface area contributed by atoms with E-state index in [1.54, 1.807) is 42.7 Å². The molecular formula is C14H14ClN3O. The largest absolute Gasteiger partial charge is 0.385 e. The highest BCUT2D eigenvalue weighted by atomic mass is 35.5. The van der Waals surface area contributed by atoms with Gasteiger partial charge >= 0.3 is 0 Å². The lowest BCUT2D eigenvalue weighted by atomic mass is 10.1.